The topological polar surface area (TPSA) is 46.6 Å². The molecule has 0 saturated carbocycles. The Morgan fingerprint density at radius 2 is 1.94 bits per heavy atom. The predicted molar refractivity (Wildman–Crippen MR) is 74.9 cm³/mol. The van der Waals surface area contributed by atoms with E-state index in [2.05, 4.69) is 0 Å². The molecule has 0 aliphatic rings. The highest BCUT2D eigenvalue weighted by molar-refractivity contribution is 7.92. The van der Waals surface area contributed by atoms with Crippen molar-refractivity contribution in [2.45, 2.75) is 26.7 Å². The van der Waals surface area contributed by atoms with E-state index >= 15 is 0 Å². The summed E-state index contributed by atoms with van der Waals surface area (Å²) >= 11 is 0. The zero-order chi connectivity index (χ0) is 13.9. The molecule has 0 aliphatic carbocycles. The van der Waals surface area contributed by atoms with Crippen molar-refractivity contribution in [2.24, 2.45) is 0 Å². The van der Waals surface area contributed by atoms with E-state index in [0.717, 1.165) is 5.56 Å². The SMILES string of the molecule is CCOc1ccc(C(C)C)c(N(C)S(C)(=O)=O)c1. The lowest BCUT2D eigenvalue weighted by atomic mass is 10.0. The number of hydrogen-bond acceptors (Lipinski definition) is 3. The van der Waals surface area contributed by atoms with Crippen LogP contribution >= 0.6 is 0 Å². The molecule has 0 aliphatic heterocycles. The minimum absolute atomic E-state index is 0.250. The summed E-state index contributed by atoms with van der Waals surface area (Å²) in [6, 6.07) is 5.57. The van der Waals surface area contributed by atoms with E-state index < -0.39 is 10.0 Å². The second kappa shape index (κ2) is 5.61. The largest absolute Gasteiger partial charge is 0.494 e. The molecule has 4 nitrogen and oxygen atoms in total. The van der Waals surface area contributed by atoms with Gasteiger partial charge in [0.05, 0.1) is 18.6 Å². The highest BCUT2D eigenvalue weighted by Gasteiger charge is 2.18. The first-order chi connectivity index (χ1) is 8.27. The second-order valence-corrected chi connectivity index (χ2v) is 6.55. The van der Waals surface area contributed by atoms with Crippen LogP contribution in [0.1, 0.15) is 32.3 Å². The van der Waals surface area contributed by atoms with Crippen molar-refractivity contribution in [3.05, 3.63) is 23.8 Å². The van der Waals surface area contributed by atoms with Crippen molar-refractivity contribution in [1.29, 1.82) is 0 Å². The van der Waals surface area contributed by atoms with Gasteiger partial charge in [-0.3, -0.25) is 4.31 Å². The van der Waals surface area contributed by atoms with Gasteiger partial charge in [-0.2, -0.15) is 0 Å². The van der Waals surface area contributed by atoms with E-state index in [1.165, 1.54) is 10.6 Å². The normalized spacial score (nSPS) is 11.7. The Hall–Kier alpha value is -1.23. The van der Waals surface area contributed by atoms with Gasteiger partial charge in [0.1, 0.15) is 5.75 Å². The van der Waals surface area contributed by atoms with Crippen LogP contribution in [0, 0.1) is 0 Å². The molecule has 102 valence electrons. The Balaban J connectivity index is 3.32. The summed E-state index contributed by atoms with van der Waals surface area (Å²) < 4.78 is 30.0. The third-order valence-corrected chi connectivity index (χ3v) is 3.96. The number of rotatable bonds is 5. The standard InChI is InChI=1S/C13H21NO3S/c1-6-17-11-7-8-12(10(2)3)13(9-11)14(4)18(5,15)16/h7-10H,6H2,1-5H3. The maximum absolute atomic E-state index is 11.7. The first-order valence-corrected chi connectivity index (χ1v) is 7.82. The summed E-state index contributed by atoms with van der Waals surface area (Å²) in [5, 5.41) is 0. The predicted octanol–water partition coefficient (Wildman–Crippen LogP) is 2.60. The van der Waals surface area contributed by atoms with E-state index in [1.54, 1.807) is 13.1 Å². The van der Waals surface area contributed by atoms with Gasteiger partial charge in [-0.15, -0.1) is 0 Å². The van der Waals surface area contributed by atoms with Crippen molar-refractivity contribution < 1.29 is 13.2 Å². The summed E-state index contributed by atoms with van der Waals surface area (Å²) in [7, 11) is -1.70. The van der Waals surface area contributed by atoms with Crippen LogP contribution in [0.15, 0.2) is 18.2 Å². The molecule has 0 saturated heterocycles. The minimum atomic E-state index is -3.27. The zero-order valence-corrected chi connectivity index (χ0v) is 12.4. The monoisotopic (exact) mass is 271 g/mol. The van der Waals surface area contributed by atoms with Gasteiger partial charge in [-0.1, -0.05) is 19.9 Å². The minimum Gasteiger partial charge on any atom is -0.494 e. The number of anilines is 1. The fourth-order valence-corrected chi connectivity index (χ4v) is 2.23. The Labute approximate surface area is 110 Å². The molecule has 18 heavy (non-hydrogen) atoms. The smallest absolute Gasteiger partial charge is 0.232 e. The molecular formula is C13H21NO3S. The molecule has 5 heteroatoms. The van der Waals surface area contributed by atoms with Crippen LogP contribution in [0.2, 0.25) is 0 Å². The molecule has 0 fully saturated rings. The quantitative estimate of drug-likeness (QED) is 0.827. The van der Waals surface area contributed by atoms with Gasteiger partial charge in [-0.25, -0.2) is 8.42 Å². The average Bonchev–Trinajstić information content (AvgIpc) is 2.26. The van der Waals surface area contributed by atoms with Crippen LogP contribution in [0.25, 0.3) is 0 Å². The van der Waals surface area contributed by atoms with Crippen LogP contribution in [-0.4, -0.2) is 28.3 Å². The van der Waals surface area contributed by atoms with Crippen LogP contribution in [0.4, 0.5) is 5.69 Å². The summed E-state index contributed by atoms with van der Waals surface area (Å²) in [5.41, 5.74) is 1.67. The van der Waals surface area contributed by atoms with Crippen molar-refractivity contribution in [3.63, 3.8) is 0 Å². The number of sulfonamides is 1. The molecule has 0 amide bonds. The molecule has 0 unspecified atom stereocenters. The Morgan fingerprint density at radius 3 is 2.39 bits per heavy atom. The fraction of sp³-hybridized carbons (Fsp3) is 0.538. The van der Waals surface area contributed by atoms with Gasteiger partial charge in [0.2, 0.25) is 10.0 Å². The van der Waals surface area contributed by atoms with Gasteiger partial charge >= 0.3 is 0 Å². The molecule has 1 rings (SSSR count). The molecule has 0 aromatic heterocycles. The van der Waals surface area contributed by atoms with Gasteiger partial charge < -0.3 is 4.74 Å². The highest BCUT2D eigenvalue weighted by atomic mass is 32.2. The number of ether oxygens (including phenoxy) is 1. The van der Waals surface area contributed by atoms with Gasteiger partial charge in [0.25, 0.3) is 0 Å². The van der Waals surface area contributed by atoms with E-state index in [-0.39, 0.29) is 5.92 Å². The van der Waals surface area contributed by atoms with Crippen molar-refractivity contribution in [3.8, 4) is 5.75 Å². The molecular weight excluding hydrogens is 250 g/mol. The Bertz CT molecular complexity index is 509. The first kappa shape index (κ1) is 14.8. The molecule has 1 aromatic rings. The Kier molecular flexibility index (Phi) is 4.62. The summed E-state index contributed by atoms with van der Waals surface area (Å²) in [6.45, 7) is 6.53. The van der Waals surface area contributed by atoms with E-state index in [1.807, 2.05) is 32.9 Å². The van der Waals surface area contributed by atoms with Crippen LogP contribution < -0.4 is 9.04 Å². The van der Waals surface area contributed by atoms with Gasteiger partial charge in [0, 0.05) is 13.1 Å². The van der Waals surface area contributed by atoms with Gasteiger partial charge in [-0.05, 0) is 24.5 Å². The van der Waals surface area contributed by atoms with Crippen molar-refractivity contribution in [2.75, 3.05) is 24.2 Å². The molecule has 0 spiro atoms. The molecule has 0 bridgehead atoms. The average molecular weight is 271 g/mol. The second-order valence-electron chi connectivity index (χ2n) is 4.54. The summed E-state index contributed by atoms with van der Waals surface area (Å²) in [4.78, 5) is 0. The third-order valence-electron chi connectivity index (χ3n) is 2.77. The molecule has 0 N–H and O–H groups in total. The maximum Gasteiger partial charge on any atom is 0.232 e. The zero-order valence-electron chi connectivity index (χ0n) is 11.6. The van der Waals surface area contributed by atoms with E-state index in [9.17, 15) is 8.42 Å². The lowest BCUT2D eigenvalue weighted by Gasteiger charge is -2.22. The lowest BCUT2D eigenvalue weighted by Crippen LogP contribution is -2.26. The van der Waals surface area contributed by atoms with E-state index in [4.69, 9.17) is 4.74 Å². The fourth-order valence-electron chi connectivity index (χ4n) is 1.72. The maximum atomic E-state index is 11.7. The number of nitrogens with zero attached hydrogens (tertiary/aromatic N) is 1. The first-order valence-electron chi connectivity index (χ1n) is 5.98. The molecule has 1 aromatic carbocycles. The molecule has 0 atom stereocenters. The van der Waals surface area contributed by atoms with Crippen LogP contribution in [0.3, 0.4) is 0 Å². The molecule has 0 heterocycles. The lowest BCUT2D eigenvalue weighted by molar-refractivity contribution is 0.340. The van der Waals surface area contributed by atoms with E-state index in [0.29, 0.717) is 18.0 Å². The van der Waals surface area contributed by atoms with Crippen molar-refractivity contribution >= 4 is 15.7 Å². The van der Waals surface area contributed by atoms with Crippen LogP contribution in [-0.2, 0) is 10.0 Å². The highest BCUT2D eigenvalue weighted by Crippen LogP contribution is 2.31. The number of hydrogen-bond donors (Lipinski definition) is 0. The third kappa shape index (κ3) is 3.38. The number of benzene rings is 1. The Morgan fingerprint density at radius 1 is 1.33 bits per heavy atom. The summed E-state index contributed by atoms with van der Waals surface area (Å²) in [5.74, 6) is 0.937. The summed E-state index contributed by atoms with van der Waals surface area (Å²) in [6.07, 6.45) is 1.20. The molecule has 0 radical (unpaired) electrons. The van der Waals surface area contributed by atoms with Crippen molar-refractivity contribution in [1.82, 2.24) is 0 Å². The van der Waals surface area contributed by atoms with Gasteiger partial charge in [0.15, 0.2) is 0 Å². The van der Waals surface area contributed by atoms with Crippen LogP contribution in [0.5, 0.6) is 5.75 Å².